The number of hydrogen-bond acceptors (Lipinski definition) is 4. The smallest absolute Gasteiger partial charge is 0.326 e. The zero-order chi connectivity index (χ0) is 11.8. The molecular formula is C11H17NO4. The number of methoxy groups -OCH3 is 1. The van der Waals surface area contributed by atoms with E-state index in [0.29, 0.717) is 0 Å². The Hall–Kier alpha value is -1.10. The van der Waals surface area contributed by atoms with Gasteiger partial charge in [-0.3, -0.25) is 9.59 Å². The molecule has 1 heterocycles. The Kier molecular flexibility index (Phi) is 2.88. The number of esters is 1. The molecule has 0 atom stereocenters. The molecule has 0 N–H and O–H groups in total. The maximum atomic E-state index is 12.2. The van der Waals surface area contributed by atoms with Gasteiger partial charge in [0.2, 0.25) is 5.91 Å². The van der Waals surface area contributed by atoms with E-state index in [2.05, 4.69) is 0 Å². The van der Waals surface area contributed by atoms with Gasteiger partial charge in [-0.25, -0.2) is 0 Å². The largest absolute Gasteiger partial charge is 0.468 e. The molecule has 0 radical (unpaired) electrons. The summed E-state index contributed by atoms with van der Waals surface area (Å²) in [5, 5.41) is 0. The van der Waals surface area contributed by atoms with E-state index in [4.69, 9.17) is 9.47 Å². The summed E-state index contributed by atoms with van der Waals surface area (Å²) in [4.78, 5) is 25.6. The summed E-state index contributed by atoms with van der Waals surface area (Å²) in [6.07, 6.45) is 3.21. The van der Waals surface area contributed by atoms with Crippen LogP contribution < -0.4 is 0 Å². The third kappa shape index (κ3) is 1.50. The number of ether oxygens (including phenoxy) is 2. The molecule has 0 aromatic carbocycles. The molecule has 0 aromatic rings. The second-order valence-corrected chi connectivity index (χ2v) is 4.57. The molecule has 90 valence electrons. The molecule has 5 nitrogen and oxygen atoms in total. The first-order valence-electron chi connectivity index (χ1n) is 5.55. The minimum absolute atomic E-state index is 0.148. The number of carbonyl (C=O) groups is 2. The Labute approximate surface area is 94.7 Å². The highest BCUT2D eigenvalue weighted by Crippen LogP contribution is 2.34. The van der Waals surface area contributed by atoms with Crippen molar-refractivity contribution in [3.05, 3.63) is 0 Å². The Morgan fingerprint density at radius 3 is 2.31 bits per heavy atom. The van der Waals surface area contributed by atoms with E-state index in [0.717, 1.165) is 19.3 Å². The molecule has 1 aliphatic heterocycles. The topological polar surface area (TPSA) is 55.8 Å². The fraction of sp³-hybridized carbons (Fsp3) is 0.818. The van der Waals surface area contributed by atoms with E-state index in [1.54, 1.807) is 11.9 Å². The van der Waals surface area contributed by atoms with Crippen LogP contribution in [0.4, 0.5) is 0 Å². The van der Waals surface area contributed by atoms with Crippen molar-refractivity contribution < 1.29 is 19.1 Å². The van der Waals surface area contributed by atoms with Crippen LogP contribution in [0.5, 0.6) is 0 Å². The lowest BCUT2D eigenvalue weighted by molar-refractivity contribution is -0.194. The molecular weight excluding hydrogens is 210 g/mol. The average Bonchev–Trinajstić information content (AvgIpc) is 2.12. The first kappa shape index (κ1) is 11.4. The lowest BCUT2D eigenvalue weighted by Crippen LogP contribution is -2.61. The van der Waals surface area contributed by atoms with Crippen molar-refractivity contribution in [3.8, 4) is 0 Å². The normalized spacial score (nSPS) is 22.9. The molecule has 16 heavy (non-hydrogen) atoms. The van der Waals surface area contributed by atoms with E-state index >= 15 is 0 Å². The van der Waals surface area contributed by atoms with Crippen molar-refractivity contribution in [1.82, 2.24) is 4.90 Å². The highest BCUT2D eigenvalue weighted by atomic mass is 16.5. The minimum Gasteiger partial charge on any atom is -0.468 e. The molecule has 1 amide bonds. The molecule has 0 aromatic heterocycles. The standard InChI is InChI=1S/C11H17NO4/c1-12(8-4-3-5-8)9(13)11(6-16-7-11)10(14)15-2/h8H,3-7H2,1-2H3. The van der Waals surface area contributed by atoms with E-state index < -0.39 is 11.4 Å². The van der Waals surface area contributed by atoms with E-state index in [-0.39, 0.29) is 25.2 Å². The summed E-state index contributed by atoms with van der Waals surface area (Å²) in [6, 6.07) is 0.287. The average molecular weight is 227 g/mol. The van der Waals surface area contributed by atoms with Gasteiger partial charge in [-0.2, -0.15) is 0 Å². The summed E-state index contributed by atoms with van der Waals surface area (Å²) in [6.45, 7) is 0.297. The highest BCUT2D eigenvalue weighted by molar-refractivity contribution is 6.04. The van der Waals surface area contributed by atoms with Crippen LogP contribution in [0.25, 0.3) is 0 Å². The van der Waals surface area contributed by atoms with Gasteiger partial charge in [-0.05, 0) is 19.3 Å². The molecule has 2 rings (SSSR count). The number of amides is 1. The second kappa shape index (κ2) is 4.05. The van der Waals surface area contributed by atoms with Crippen molar-refractivity contribution in [3.63, 3.8) is 0 Å². The first-order valence-corrected chi connectivity index (χ1v) is 5.55. The van der Waals surface area contributed by atoms with Crippen molar-refractivity contribution in [2.24, 2.45) is 5.41 Å². The van der Waals surface area contributed by atoms with Gasteiger partial charge >= 0.3 is 5.97 Å². The fourth-order valence-corrected chi connectivity index (χ4v) is 2.11. The molecule has 1 saturated heterocycles. The Morgan fingerprint density at radius 2 is 2.00 bits per heavy atom. The Balaban J connectivity index is 2.08. The number of rotatable bonds is 3. The monoisotopic (exact) mass is 227 g/mol. The maximum Gasteiger partial charge on any atom is 0.326 e. The third-order valence-corrected chi connectivity index (χ3v) is 3.63. The minimum atomic E-state index is -1.07. The Morgan fingerprint density at radius 1 is 1.38 bits per heavy atom. The zero-order valence-corrected chi connectivity index (χ0v) is 9.69. The quantitative estimate of drug-likeness (QED) is 0.510. The van der Waals surface area contributed by atoms with Crippen LogP contribution in [0.15, 0.2) is 0 Å². The molecule has 0 bridgehead atoms. The van der Waals surface area contributed by atoms with Gasteiger partial charge < -0.3 is 14.4 Å². The molecule has 2 aliphatic rings. The van der Waals surface area contributed by atoms with E-state index in [1.807, 2.05) is 0 Å². The molecule has 5 heteroatoms. The van der Waals surface area contributed by atoms with Crippen LogP contribution in [0.2, 0.25) is 0 Å². The Bertz CT molecular complexity index is 307. The van der Waals surface area contributed by atoms with Crippen molar-refractivity contribution in [2.45, 2.75) is 25.3 Å². The number of nitrogens with zero attached hydrogens (tertiary/aromatic N) is 1. The van der Waals surface area contributed by atoms with Crippen LogP contribution in [-0.4, -0.2) is 50.2 Å². The van der Waals surface area contributed by atoms with Crippen LogP contribution in [0.3, 0.4) is 0 Å². The number of hydrogen-bond donors (Lipinski definition) is 0. The molecule has 1 aliphatic carbocycles. The summed E-state index contributed by atoms with van der Waals surface area (Å²) in [7, 11) is 3.06. The predicted molar refractivity (Wildman–Crippen MR) is 55.7 cm³/mol. The van der Waals surface area contributed by atoms with Crippen LogP contribution in [0, 0.1) is 5.41 Å². The van der Waals surface area contributed by atoms with Crippen LogP contribution in [0.1, 0.15) is 19.3 Å². The number of carbonyl (C=O) groups excluding carboxylic acids is 2. The lowest BCUT2D eigenvalue weighted by Gasteiger charge is -2.43. The SMILES string of the molecule is COC(=O)C1(C(=O)N(C)C2CCC2)COC1. The van der Waals surface area contributed by atoms with Crippen molar-refractivity contribution >= 4 is 11.9 Å². The zero-order valence-electron chi connectivity index (χ0n) is 9.69. The van der Waals surface area contributed by atoms with Gasteiger partial charge in [0.15, 0.2) is 5.41 Å². The molecule has 0 spiro atoms. The van der Waals surface area contributed by atoms with Crippen molar-refractivity contribution in [2.75, 3.05) is 27.4 Å². The fourth-order valence-electron chi connectivity index (χ4n) is 2.11. The summed E-state index contributed by atoms with van der Waals surface area (Å²) < 4.78 is 9.71. The third-order valence-electron chi connectivity index (χ3n) is 3.63. The van der Waals surface area contributed by atoms with Gasteiger partial charge in [0.25, 0.3) is 0 Å². The van der Waals surface area contributed by atoms with E-state index in [9.17, 15) is 9.59 Å². The van der Waals surface area contributed by atoms with Gasteiger partial charge in [-0.1, -0.05) is 0 Å². The maximum absolute atomic E-state index is 12.2. The first-order chi connectivity index (χ1) is 7.62. The van der Waals surface area contributed by atoms with Gasteiger partial charge in [0, 0.05) is 13.1 Å². The second-order valence-electron chi connectivity index (χ2n) is 4.57. The summed E-state index contributed by atoms with van der Waals surface area (Å²) in [5.74, 6) is -0.634. The summed E-state index contributed by atoms with van der Waals surface area (Å²) in [5.41, 5.74) is -1.07. The molecule has 1 saturated carbocycles. The van der Waals surface area contributed by atoms with Gasteiger partial charge in [0.05, 0.1) is 20.3 Å². The van der Waals surface area contributed by atoms with Crippen molar-refractivity contribution in [1.29, 1.82) is 0 Å². The molecule has 2 fully saturated rings. The van der Waals surface area contributed by atoms with Gasteiger partial charge in [0.1, 0.15) is 0 Å². The molecule has 0 unspecified atom stereocenters. The van der Waals surface area contributed by atoms with Crippen LogP contribution in [-0.2, 0) is 19.1 Å². The van der Waals surface area contributed by atoms with E-state index in [1.165, 1.54) is 7.11 Å². The summed E-state index contributed by atoms with van der Waals surface area (Å²) >= 11 is 0. The predicted octanol–water partition coefficient (Wildman–Crippen LogP) is 0.187. The van der Waals surface area contributed by atoms with Crippen LogP contribution >= 0.6 is 0 Å². The highest BCUT2D eigenvalue weighted by Gasteiger charge is 2.56. The lowest BCUT2D eigenvalue weighted by atomic mass is 9.82. The van der Waals surface area contributed by atoms with Gasteiger partial charge in [-0.15, -0.1) is 0 Å².